The lowest BCUT2D eigenvalue weighted by molar-refractivity contribution is -0.140. The molecule has 1 amide bonds. The predicted molar refractivity (Wildman–Crippen MR) is 72.3 cm³/mol. The molecule has 0 saturated carbocycles. The van der Waals surface area contributed by atoms with E-state index < -0.39 is 11.9 Å². The molecule has 0 unspecified atom stereocenters. The number of anilines is 1. The number of carbonyl (C=O) groups excluding carboxylic acids is 3. The van der Waals surface area contributed by atoms with E-state index in [1.807, 2.05) is 0 Å². The lowest BCUT2D eigenvalue weighted by atomic mass is 10.1. The third kappa shape index (κ3) is 3.13. The van der Waals surface area contributed by atoms with Crippen molar-refractivity contribution in [3.8, 4) is 5.75 Å². The third-order valence-electron chi connectivity index (χ3n) is 2.93. The SMILES string of the molecule is CCOC(=O)c1ccc2c(c1)N(CC(=O)OC)C(=O)CO2. The fourth-order valence-corrected chi connectivity index (χ4v) is 1.91. The van der Waals surface area contributed by atoms with Gasteiger partial charge in [-0.15, -0.1) is 0 Å². The van der Waals surface area contributed by atoms with Crippen molar-refractivity contribution >= 4 is 23.5 Å². The maximum absolute atomic E-state index is 11.9. The van der Waals surface area contributed by atoms with Crippen molar-refractivity contribution in [1.29, 1.82) is 0 Å². The molecule has 7 nitrogen and oxygen atoms in total. The number of hydrogen-bond donors (Lipinski definition) is 0. The molecule has 1 aromatic rings. The summed E-state index contributed by atoms with van der Waals surface area (Å²) in [5.74, 6) is -1.02. The highest BCUT2D eigenvalue weighted by Crippen LogP contribution is 2.33. The van der Waals surface area contributed by atoms with E-state index in [-0.39, 0.29) is 31.2 Å². The van der Waals surface area contributed by atoms with Gasteiger partial charge in [0.25, 0.3) is 5.91 Å². The van der Waals surface area contributed by atoms with Crippen molar-refractivity contribution in [2.45, 2.75) is 6.92 Å². The normalized spacial score (nSPS) is 13.2. The number of methoxy groups -OCH3 is 1. The summed E-state index contributed by atoms with van der Waals surface area (Å²) >= 11 is 0. The molecule has 1 aliphatic heterocycles. The number of amides is 1. The van der Waals surface area contributed by atoms with Crippen molar-refractivity contribution < 1.29 is 28.6 Å². The van der Waals surface area contributed by atoms with Crippen LogP contribution in [0.15, 0.2) is 18.2 Å². The topological polar surface area (TPSA) is 82.1 Å². The van der Waals surface area contributed by atoms with Gasteiger partial charge in [0.05, 0.1) is 25.0 Å². The van der Waals surface area contributed by atoms with E-state index in [0.29, 0.717) is 11.4 Å². The van der Waals surface area contributed by atoms with E-state index in [1.54, 1.807) is 19.1 Å². The van der Waals surface area contributed by atoms with Crippen LogP contribution in [-0.2, 0) is 19.1 Å². The zero-order valence-electron chi connectivity index (χ0n) is 11.8. The summed E-state index contributed by atoms with van der Waals surface area (Å²) < 4.78 is 14.8. The molecule has 0 aliphatic carbocycles. The molecular formula is C14H15NO6. The van der Waals surface area contributed by atoms with Crippen molar-refractivity contribution in [2.75, 3.05) is 31.8 Å². The number of fused-ring (bicyclic) bond motifs is 1. The van der Waals surface area contributed by atoms with Crippen LogP contribution in [0, 0.1) is 0 Å². The fraction of sp³-hybridized carbons (Fsp3) is 0.357. The number of nitrogens with zero attached hydrogens (tertiary/aromatic N) is 1. The van der Waals surface area contributed by atoms with Gasteiger partial charge in [-0.2, -0.15) is 0 Å². The van der Waals surface area contributed by atoms with E-state index in [4.69, 9.17) is 9.47 Å². The minimum absolute atomic E-state index is 0.164. The van der Waals surface area contributed by atoms with Crippen LogP contribution in [0.4, 0.5) is 5.69 Å². The Hall–Kier alpha value is -2.57. The summed E-state index contributed by atoms with van der Waals surface area (Å²) in [6.45, 7) is 1.55. The third-order valence-corrected chi connectivity index (χ3v) is 2.93. The first kappa shape index (κ1) is 14.8. The summed E-state index contributed by atoms with van der Waals surface area (Å²) in [6.07, 6.45) is 0. The zero-order valence-corrected chi connectivity index (χ0v) is 11.8. The minimum atomic E-state index is -0.558. The Morgan fingerprint density at radius 2 is 2.14 bits per heavy atom. The average molecular weight is 293 g/mol. The number of esters is 2. The summed E-state index contributed by atoms with van der Waals surface area (Å²) in [6, 6.07) is 4.58. The molecule has 0 radical (unpaired) electrons. The number of benzene rings is 1. The second kappa shape index (κ2) is 6.25. The van der Waals surface area contributed by atoms with Gasteiger partial charge in [-0.05, 0) is 25.1 Å². The number of rotatable bonds is 4. The lowest BCUT2D eigenvalue weighted by Crippen LogP contribution is -2.42. The largest absolute Gasteiger partial charge is 0.482 e. The highest BCUT2D eigenvalue weighted by Gasteiger charge is 2.28. The second-order valence-corrected chi connectivity index (χ2v) is 4.25. The first-order valence-electron chi connectivity index (χ1n) is 6.38. The van der Waals surface area contributed by atoms with Gasteiger partial charge in [-0.25, -0.2) is 4.79 Å². The quantitative estimate of drug-likeness (QED) is 0.762. The van der Waals surface area contributed by atoms with Crippen LogP contribution in [0.25, 0.3) is 0 Å². The van der Waals surface area contributed by atoms with Crippen LogP contribution in [-0.4, -0.2) is 44.7 Å². The second-order valence-electron chi connectivity index (χ2n) is 4.25. The minimum Gasteiger partial charge on any atom is -0.482 e. The molecule has 0 spiro atoms. The Kier molecular flexibility index (Phi) is 4.42. The van der Waals surface area contributed by atoms with Crippen LogP contribution in [0.2, 0.25) is 0 Å². The van der Waals surface area contributed by atoms with Crippen LogP contribution in [0.5, 0.6) is 5.75 Å². The Balaban J connectivity index is 2.35. The maximum Gasteiger partial charge on any atom is 0.338 e. The van der Waals surface area contributed by atoms with Crippen LogP contribution >= 0.6 is 0 Å². The first-order chi connectivity index (χ1) is 10.1. The van der Waals surface area contributed by atoms with Gasteiger partial charge < -0.3 is 14.2 Å². The first-order valence-corrected chi connectivity index (χ1v) is 6.38. The van der Waals surface area contributed by atoms with Crippen molar-refractivity contribution in [3.63, 3.8) is 0 Å². The van der Waals surface area contributed by atoms with Crippen LogP contribution in [0.1, 0.15) is 17.3 Å². The van der Waals surface area contributed by atoms with Crippen molar-refractivity contribution in [2.24, 2.45) is 0 Å². The number of carbonyl (C=O) groups is 3. The molecule has 1 aromatic carbocycles. The standard InChI is InChI=1S/C14H15NO6/c1-3-20-14(18)9-4-5-11-10(6-9)15(7-13(17)19-2)12(16)8-21-11/h4-6H,3,7-8H2,1-2H3. The Bertz CT molecular complexity index is 583. The predicted octanol–water partition coefficient (Wildman–Crippen LogP) is 0.762. The molecule has 0 atom stereocenters. The molecule has 0 saturated heterocycles. The molecule has 1 heterocycles. The molecule has 2 rings (SSSR count). The fourth-order valence-electron chi connectivity index (χ4n) is 1.91. The van der Waals surface area contributed by atoms with Crippen molar-refractivity contribution in [3.05, 3.63) is 23.8 Å². The van der Waals surface area contributed by atoms with E-state index in [9.17, 15) is 14.4 Å². The van der Waals surface area contributed by atoms with Gasteiger partial charge in [0.1, 0.15) is 12.3 Å². The van der Waals surface area contributed by atoms with E-state index in [2.05, 4.69) is 4.74 Å². The summed E-state index contributed by atoms with van der Waals surface area (Å²) in [5.41, 5.74) is 0.631. The Morgan fingerprint density at radius 1 is 1.38 bits per heavy atom. The molecule has 0 fully saturated rings. The molecule has 1 aliphatic rings. The molecular weight excluding hydrogens is 278 g/mol. The number of hydrogen-bond acceptors (Lipinski definition) is 6. The lowest BCUT2D eigenvalue weighted by Gasteiger charge is -2.28. The maximum atomic E-state index is 11.9. The van der Waals surface area contributed by atoms with Crippen LogP contribution < -0.4 is 9.64 Å². The Labute approximate surface area is 121 Å². The van der Waals surface area contributed by atoms with Gasteiger partial charge in [0.2, 0.25) is 0 Å². The van der Waals surface area contributed by atoms with Crippen LogP contribution in [0.3, 0.4) is 0 Å². The highest BCUT2D eigenvalue weighted by molar-refractivity contribution is 6.02. The monoisotopic (exact) mass is 293 g/mol. The molecule has 21 heavy (non-hydrogen) atoms. The van der Waals surface area contributed by atoms with E-state index in [1.165, 1.54) is 18.1 Å². The van der Waals surface area contributed by atoms with Gasteiger partial charge in [-0.3, -0.25) is 14.5 Å². The van der Waals surface area contributed by atoms with Gasteiger partial charge in [0.15, 0.2) is 6.61 Å². The van der Waals surface area contributed by atoms with Gasteiger partial charge in [0, 0.05) is 0 Å². The van der Waals surface area contributed by atoms with E-state index in [0.717, 1.165) is 0 Å². The Morgan fingerprint density at radius 3 is 2.81 bits per heavy atom. The highest BCUT2D eigenvalue weighted by atomic mass is 16.5. The zero-order chi connectivity index (χ0) is 15.4. The molecule has 0 aromatic heterocycles. The molecule has 0 N–H and O–H groups in total. The number of ether oxygens (including phenoxy) is 3. The van der Waals surface area contributed by atoms with Gasteiger partial charge >= 0.3 is 11.9 Å². The molecule has 0 bridgehead atoms. The summed E-state index contributed by atoms with van der Waals surface area (Å²) in [7, 11) is 1.24. The summed E-state index contributed by atoms with van der Waals surface area (Å²) in [5, 5.41) is 0. The summed E-state index contributed by atoms with van der Waals surface area (Å²) in [4.78, 5) is 36.3. The van der Waals surface area contributed by atoms with Gasteiger partial charge in [-0.1, -0.05) is 0 Å². The van der Waals surface area contributed by atoms with Crippen molar-refractivity contribution in [1.82, 2.24) is 0 Å². The molecule has 112 valence electrons. The smallest absolute Gasteiger partial charge is 0.338 e. The average Bonchev–Trinajstić information content (AvgIpc) is 2.49. The van der Waals surface area contributed by atoms with E-state index >= 15 is 0 Å². The molecule has 7 heteroatoms.